The maximum Gasteiger partial charge on any atom is 0.322 e. The van der Waals surface area contributed by atoms with Gasteiger partial charge in [-0.3, -0.25) is 0 Å². The lowest BCUT2D eigenvalue weighted by Crippen LogP contribution is -2.11. The quantitative estimate of drug-likeness (QED) is 0.885. The Bertz CT molecular complexity index is 590. The van der Waals surface area contributed by atoms with Gasteiger partial charge in [-0.25, -0.2) is 0 Å². The summed E-state index contributed by atoms with van der Waals surface area (Å²) >= 11 is 5.86. The molecule has 0 fully saturated rings. The predicted octanol–water partition coefficient (Wildman–Crippen LogP) is 2.93. The first-order valence-electron chi connectivity index (χ1n) is 6.52. The van der Waals surface area contributed by atoms with Crippen molar-refractivity contribution in [2.45, 2.75) is 26.5 Å². The minimum absolute atomic E-state index is 0.0297. The summed E-state index contributed by atoms with van der Waals surface area (Å²) in [7, 11) is 1.64. The zero-order valence-electron chi connectivity index (χ0n) is 12.1. The number of nitrogens with one attached hydrogen (secondary N) is 1. The molecular weight excluding hydrogens is 292 g/mol. The molecule has 2 aromatic rings. The molecule has 2 rings (SSSR count). The summed E-state index contributed by atoms with van der Waals surface area (Å²) in [6.45, 7) is 4.34. The van der Waals surface area contributed by atoms with Gasteiger partial charge >= 0.3 is 6.01 Å². The van der Waals surface area contributed by atoms with Crippen molar-refractivity contribution in [2.24, 2.45) is 0 Å². The third kappa shape index (κ3) is 4.75. The first-order chi connectivity index (χ1) is 10.1. The van der Waals surface area contributed by atoms with Crippen molar-refractivity contribution in [1.29, 1.82) is 0 Å². The fraction of sp³-hybridized carbons (Fsp3) is 0.357. The molecule has 1 aromatic carbocycles. The molecule has 6 nitrogen and oxygen atoms in total. The van der Waals surface area contributed by atoms with Crippen LogP contribution >= 0.6 is 11.6 Å². The van der Waals surface area contributed by atoms with Crippen molar-refractivity contribution in [3.05, 3.63) is 35.1 Å². The number of anilines is 1. The van der Waals surface area contributed by atoms with E-state index in [-0.39, 0.29) is 17.4 Å². The molecule has 0 spiro atoms. The summed E-state index contributed by atoms with van der Waals surface area (Å²) < 4.78 is 10.5. The highest BCUT2D eigenvalue weighted by Crippen LogP contribution is 2.15. The minimum atomic E-state index is -0.0297. The smallest absolute Gasteiger partial charge is 0.322 e. The van der Waals surface area contributed by atoms with Gasteiger partial charge in [-0.1, -0.05) is 12.1 Å². The molecule has 1 heterocycles. The van der Waals surface area contributed by atoms with Gasteiger partial charge in [0.2, 0.25) is 11.2 Å². The van der Waals surface area contributed by atoms with Crippen LogP contribution in [0.2, 0.25) is 5.28 Å². The molecule has 0 saturated carbocycles. The molecule has 1 aromatic heterocycles. The number of methoxy groups -OCH3 is 1. The molecule has 0 bridgehead atoms. The Morgan fingerprint density at radius 3 is 2.48 bits per heavy atom. The highest BCUT2D eigenvalue weighted by Gasteiger charge is 2.07. The normalized spacial score (nSPS) is 10.5. The Morgan fingerprint density at radius 2 is 1.86 bits per heavy atom. The van der Waals surface area contributed by atoms with Gasteiger partial charge in [-0.2, -0.15) is 15.0 Å². The van der Waals surface area contributed by atoms with E-state index in [0.29, 0.717) is 12.5 Å². The Balaban J connectivity index is 2.03. The topological polar surface area (TPSA) is 69.2 Å². The van der Waals surface area contributed by atoms with E-state index in [2.05, 4.69) is 20.3 Å². The van der Waals surface area contributed by atoms with E-state index >= 15 is 0 Å². The Kier molecular flexibility index (Phi) is 5.16. The van der Waals surface area contributed by atoms with Crippen LogP contribution in [0, 0.1) is 0 Å². The standard InChI is InChI=1S/C14H17ClN4O2/c1-9(2)21-14-18-12(15)17-13(19-14)16-8-10-4-6-11(20-3)7-5-10/h4-7,9H,8H2,1-3H3,(H,16,17,18,19). The Labute approximate surface area is 128 Å². The molecule has 0 aliphatic rings. The molecule has 0 atom stereocenters. The third-order valence-electron chi connectivity index (χ3n) is 2.54. The van der Waals surface area contributed by atoms with Crippen LogP contribution in [-0.4, -0.2) is 28.2 Å². The molecule has 0 aliphatic heterocycles. The van der Waals surface area contributed by atoms with Gasteiger partial charge in [-0.05, 0) is 43.1 Å². The fourth-order valence-corrected chi connectivity index (χ4v) is 1.75. The summed E-state index contributed by atoms with van der Waals surface area (Å²) in [4.78, 5) is 12.1. The van der Waals surface area contributed by atoms with E-state index in [1.165, 1.54) is 0 Å². The number of hydrogen-bond donors (Lipinski definition) is 1. The van der Waals surface area contributed by atoms with E-state index in [9.17, 15) is 0 Å². The highest BCUT2D eigenvalue weighted by molar-refractivity contribution is 6.28. The summed E-state index contributed by atoms with van der Waals surface area (Å²) in [6, 6.07) is 7.91. The number of nitrogens with zero attached hydrogens (tertiary/aromatic N) is 3. The maximum absolute atomic E-state index is 5.86. The number of ether oxygens (including phenoxy) is 2. The summed E-state index contributed by atoms with van der Waals surface area (Å²) in [6.07, 6.45) is -0.0297. The molecule has 21 heavy (non-hydrogen) atoms. The monoisotopic (exact) mass is 308 g/mol. The molecule has 0 saturated heterocycles. The van der Waals surface area contributed by atoms with Gasteiger partial charge in [0.05, 0.1) is 13.2 Å². The average molecular weight is 309 g/mol. The van der Waals surface area contributed by atoms with E-state index < -0.39 is 0 Å². The van der Waals surface area contributed by atoms with Crippen LogP contribution < -0.4 is 14.8 Å². The van der Waals surface area contributed by atoms with Crippen molar-refractivity contribution in [3.63, 3.8) is 0 Å². The predicted molar refractivity (Wildman–Crippen MR) is 80.9 cm³/mol. The number of rotatable bonds is 6. The lowest BCUT2D eigenvalue weighted by atomic mass is 10.2. The second kappa shape index (κ2) is 7.08. The molecule has 0 unspecified atom stereocenters. The Hall–Kier alpha value is -2.08. The molecule has 0 aliphatic carbocycles. The van der Waals surface area contributed by atoms with Crippen molar-refractivity contribution >= 4 is 17.5 Å². The van der Waals surface area contributed by atoms with Crippen LogP contribution in [-0.2, 0) is 6.54 Å². The molecular formula is C14H17ClN4O2. The average Bonchev–Trinajstić information content (AvgIpc) is 2.44. The molecule has 7 heteroatoms. The molecule has 1 N–H and O–H groups in total. The van der Waals surface area contributed by atoms with E-state index in [0.717, 1.165) is 11.3 Å². The largest absolute Gasteiger partial charge is 0.497 e. The number of aromatic nitrogens is 3. The van der Waals surface area contributed by atoms with Crippen LogP contribution in [0.5, 0.6) is 11.8 Å². The SMILES string of the molecule is COc1ccc(CNc2nc(Cl)nc(OC(C)C)n2)cc1. The lowest BCUT2D eigenvalue weighted by Gasteiger charge is -2.10. The van der Waals surface area contributed by atoms with Gasteiger partial charge in [0.1, 0.15) is 5.75 Å². The third-order valence-corrected chi connectivity index (χ3v) is 2.71. The summed E-state index contributed by atoms with van der Waals surface area (Å²) in [5.41, 5.74) is 1.07. The van der Waals surface area contributed by atoms with Crippen molar-refractivity contribution in [2.75, 3.05) is 12.4 Å². The number of halogens is 1. The summed E-state index contributed by atoms with van der Waals surface area (Å²) in [5, 5.41) is 3.18. The first-order valence-corrected chi connectivity index (χ1v) is 6.89. The number of benzene rings is 1. The van der Waals surface area contributed by atoms with Gasteiger partial charge < -0.3 is 14.8 Å². The van der Waals surface area contributed by atoms with Crippen molar-refractivity contribution in [3.8, 4) is 11.8 Å². The maximum atomic E-state index is 5.86. The van der Waals surface area contributed by atoms with Crippen LogP contribution in [0.4, 0.5) is 5.95 Å². The van der Waals surface area contributed by atoms with Crippen LogP contribution in [0.15, 0.2) is 24.3 Å². The van der Waals surface area contributed by atoms with Crippen molar-refractivity contribution < 1.29 is 9.47 Å². The second-order valence-corrected chi connectivity index (χ2v) is 4.92. The Morgan fingerprint density at radius 1 is 1.14 bits per heavy atom. The van der Waals surface area contributed by atoms with E-state index in [1.807, 2.05) is 38.1 Å². The number of hydrogen-bond acceptors (Lipinski definition) is 6. The van der Waals surface area contributed by atoms with Crippen LogP contribution in [0.3, 0.4) is 0 Å². The highest BCUT2D eigenvalue weighted by atomic mass is 35.5. The first kappa shape index (κ1) is 15.3. The van der Waals surface area contributed by atoms with Crippen molar-refractivity contribution in [1.82, 2.24) is 15.0 Å². The summed E-state index contributed by atoms with van der Waals surface area (Å²) in [5.74, 6) is 1.19. The van der Waals surface area contributed by atoms with Gasteiger partial charge in [-0.15, -0.1) is 0 Å². The van der Waals surface area contributed by atoms with E-state index in [4.69, 9.17) is 21.1 Å². The van der Waals surface area contributed by atoms with Crippen LogP contribution in [0.1, 0.15) is 19.4 Å². The molecule has 0 amide bonds. The minimum Gasteiger partial charge on any atom is -0.497 e. The van der Waals surface area contributed by atoms with Gasteiger partial charge in [0, 0.05) is 6.54 Å². The fourth-order valence-electron chi connectivity index (χ4n) is 1.60. The lowest BCUT2D eigenvalue weighted by molar-refractivity contribution is 0.222. The van der Waals surface area contributed by atoms with Gasteiger partial charge in [0.15, 0.2) is 0 Å². The second-order valence-electron chi connectivity index (χ2n) is 4.58. The molecule has 112 valence electrons. The van der Waals surface area contributed by atoms with E-state index in [1.54, 1.807) is 7.11 Å². The van der Waals surface area contributed by atoms with Crippen LogP contribution in [0.25, 0.3) is 0 Å². The zero-order chi connectivity index (χ0) is 15.2. The van der Waals surface area contributed by atoms with Gasteiger partial charge in [0.25, 0.3) is 0 Å². The zero-order valence-corrected chi connectivity index (χ0v) is 12.9. The molecule has 0 radical (unpaired) electrons.